The number of halogens is 2. The van der Waals surface area contributed by atoms with E-state index in [4.69, 9.17) is 42.1 Å². The van der Waals surface area contributed by atoms with Gasteiger partial charge in [-0.1, -0.05) is 37.0 Å². The summed E-state index contributed by atoms with van der Waals surface area (Å²) in [6.45, 7) is 9.67. The molecule has 9 heteroatoms. The van der Waals surface area contributed by atoms with Gasteiger partial charge in [0, 0.05) is 50.5 Å². The molecule has 0 aliphatic carbocycles. The summed E-state index contributed by atoms with van der Waals surface area (Å²) in [4.78, 5) is 34.7. The van der Waals surface area contributed by atoms with Gasteiger partial charge in [-0.25, -0.2) is 0 Å². The van der Waals surface area contributed by atoms with E-state index in [0.29, 0.717) is 22.8 Å². The summed E-state index contributed by atoms with van der Waals surface area (Å²) in [5.41, 5.74) is -0.130. The highest BCUT2D eigenvalue weighted by Crippen LogP contribution is 2.53. The lowest BCUT2D eigenvalue weighted by atomic mass is 9.71. The maximum Gasteiger partial charge on any atom is 0.308 e. The van der Waals surface area contributed by atoms with Gasteiger partial charge in [-0.15, -0.1) is 0 Å². The third-order valence-corrected chi connectivity index (χ3v) is 5.83. The number of hydrogen-bond acceptors (Lipinski definition) is 7. The number of hydrogen-bond donors (Lipinski definition) is 0. The molecule has 1 heterocycles. The van der Waals surface area contributed by atoms with Crippen molar-refractivity contribution in [3.8, 4) is 23.0 Å². The zero-order valence-electron chi connectivity index (χ0n) is 19.1. The lowest BCUT2D eigenvalue weighted by molar-refractivity contribution is -0.133. The van der Waals surface area contributed by atoms with E-state index in [9.17, 15) is 14.4 Å². The van der Waals surface area contributed by atoms with Gasteiger partial charge in [-0.05, 0) is 24.5 Å². The molecule has 0 fully saturated rings. The molecule has 2 aromatic carbocycles. The highest BCUT2D eigenvalue weighted by molar-refractivity contribution is 6.32. The van der Waals surface area contributed by atoms with Gasteiger partial charge >= 0.3 is 17.9 Å². The first-order valence-corrected chi connectivity index (χ1v) is 10.9. The van der Waals surface area contributed by atoms with Gasteiger partial charge in [0.1, 0.15) is 17.1 Å². The van der Waals surface area contributed by atoms with Crippen molar-refractivity contribution in [2.45, 2.75) is 59.0 Å². The Hall–Kier alpha value is -2.77. The summed E-state index contributed by atoms with van der Waals surface area (Å²) < 4.78 is 22.2. The van der Waals surface area contributed by atoms with Crippen molar-refractivity contribution in [3.05, 3.63) is 45.4 Å². The molecule has 1 aliphatic heterocycles. The number of carbonyl (C=O) groups is 3. The minimum absolute atomic E-state index is 0.0622. The third-order valence-electron chi connectivity index (χ3n) is 5.24. The molecular weight excluding hydrogens is 471 g/mol. The average molecular weight is 495 g/mol. The molecule has 33 heavy (non-hydrogen) atoms. The number of esters is 3. The average Bonchev–Trinajstić information content (AvgIpc) is 2.64. The SMILES string of the molecule is CC(=O)Oc1cc2c(cc1Cl)C(C)(C)CC(C)(c1cc(Cl)c(OC(C)=O)cc1OC(C)=O)O2. The quantitative estimate of drug-likeness (QED) is 0.395. The van der Waals surface area contributed by atoms with Crippen LogP contribution in [0.3, 0.4) is 0 Å². The molecule has 0 amide bonds. The van der Waals surface area contributed by atoms with Gasteiger partial charge in [0.15, 0.2) is 11.5 Å². The fourth-order valence-electron chi connectivity index (χ4n) is 4.17. The molecule has 0 aromatic heterocycles. The topological polar surface area (TPSA) is 88.1 Å². The normalized spacial score (nSPS) is 18.5. The maximum atomic E-state index is 11.8. The number of ether oxygens (including phenoxy) is 4. The molecule has 0 N–H and O–H groups in total. The van der Waals surface area contributed by atoms with Crippen molar-refractivity contribution in [3.63, 3.8) is 0 Å². The molecule has 7 nitrogen and oxygen atoms in total. The van der Waals surface area contributed by atoms with Crippen LogP contribution < -0.4 is 18.9 Å². The van der Waals surface area contributed by atoms with Crippen molar-refractivity contribution in [1.29, 1.82) is 0 Å². The predicted octanol–water partition coefficient (Wildman–Crippen LogP) is 5.74. The fourth-order valence-corrected chi connectivity index (χ4v) is 4.57. The molecular formula is C24H24Cl2O7. The van der Waals surface area contributed by atoms with E-state index in [1.807, 2.05) is 20.8 Å². The lowest BCUT2D eigenvalue weighted by Gasteiger charge is -2.45. The molecule has 176 valence electrons. The molecule has 2 aromatic rings. The van der Waals surface area contributed by atoms with Crippen molar-refractivity contribution in [2.24, 2.45) is 0 Å². The summed E-state index contributed by atoms with van der Waals surface area (Å²) in [6, 6.07) is 6.24. The smallest absolute Gasteiger partial charge is 0.308 e. The Balaban J connectivity index is 2.17. The van der Waals surface area contributed by atoms with Gasteiger partial charge in [0.2, 0.25) is 0 Å². The Kier molecular flexibility index (Phi) is 6.69. The summed E-state index contributed by atoms with van der Waals surface area (Å²) in [7, 11) is 0. The molecule has 0 saturated carbocycles. The van der Waals surface area contributed by atoms with E-state index in [1.54, 1.807) is 18.2 Å². The van der Waals surface area contributed by atoms with E-state index in [2.05, 4.69) is 0 Å². The zero-order valence-corrected chi connectivity index (χ0v) is 20.6. The van der Waals surface area contributed by atoms with Crippen LogP contribution in [0.2, 0.25) is 10.0 Å². The van der Waals surface area contributed by atoms with Gasteiger partial charge in [-0.2, -0.15) is 0 Å². The van der Waals surface area contributed by atoms with Gasteiger partial charge < -0.3 is 18.9 Å². The first-order valence-electron chi connectivity index (χ1n) is 10.1. The summed E-state index contributed by atoms with van der Waals surface area (Å²) in [5.74, 6) is -0.792. The van der Waals surface area contributed by atoms with Crippen LogP contribution in [0.15, 0.2) is 24.3 Å². The minimum Gasteiger partial charge on any atom is -0.482 e. The van der Waals surface area contributed by atoms with Crippen molar-refractivity contribution < 1.29 is 33.3 Å². The highest BCUT2D eigenvalue weighted by Gasteiger charge is 2.45. The van der Waals surface area contributed by atoms with E-state index in [0.717, 1.165) is 5.56 Å². The minimum atomic E-state index is -1.01. The number of fused-ring (bicyclic) bond motifs is 1. The molecule has 1 aliphatic rings. The Morgan fingerprint density at radius 2 is 1.21 bits per heavy atom. The standard InChI is InChI=1S/C24H24Cl2O7/c1-12(27)30-19-9-21(31-13(2)28)18(26)8-16(19)24(6)11-23(4,5)15-7-17(25)22(32-14(3)29)10-20(15)33-24/h7-10H,11H2,1-6H3. The number of rotatable bonds is 4. The second-order valence-electron chi connectivity index (χ2n) is 8.73. The summed E-state index contributed by atoms with van der Waals surface area (Å²) in [5, 5.41) is 0.444. The summed E-state index contributed by atoms with van der Waals surface area (Å²) >= 11 is 12.7. The highest BCUT2D eigenvalue weighted by atomic mass is 35.5. The van der Waals surface area contributed by atoms with Crippen molar-refractivity contribution in [1.82, 2.24) is 0 Å². The van der Waals surface area contributed by atoms with E-state index < -0.39 is 28.9 Å². The molecule has 3 rings (SSSR count). The molecule has 0 bridgehead atoms. The maximum absolute atomic E-state index is 11.8. The first kappa shape index (κ1) is 24.9. The monoisotopic (exact) mass is 494 g/mol. The van der Waals surface area contributed by atoms with Crippen molar-refractivity contribution in [2.75, 3.05) is 0 Å². The molecule has 0 saturated heterocycles. The lowest BCUT2D eigenvalue weighted by Crippen LogP contribution is -2.42. The largest absolute Gasteiger partial charge is 0.482 e. The number of benzene rings is 2. The van der Waals surface area contributed by atoms with Crippen LogP contribution >= 0.6 is 23.2 Å². The fraction of sp³-hybridized carbons (Fsp3) is 0.375. The van der Waals surface area contributed by atoms with Crippen LogP contribution in [0.5, 0.6) is 23.0 Å². The van der Waals surface area contributed by atoms with Crippen LogP contribution in [-0.4, -0.2) is 17.9 Å². The molecule has 0 radical (unpaired) electrons. The second-order valence-corrected chi connectivity index (χ2v) is 9.55. The third kappa shape index (κ3) is 5.25. The second kappa shape index (κ2) is 8.88. The van der Waals surface area contributed by atoms with Crippen LogP contribution in [-0.2, 0) is 25.4 Å². The van der Waals surface area contributed by atoms with E-state index >= 15 is 0 Å². The van der Waals surface area contributed by atoms with E-state index in [1.165, 1.54) is 26.8 Å². The van der Waals surface area contributed by atoms with Gasteiger partial charge in [0.05, 0.1) is 10.0 Å². The van der Waals surface area contributed by atoms with Crippen LogP contribution in [0.1, 0.15) is 59.1 Å². The van der Waals surface area contributed by atoms with E-state index in [-0.39, 0.29) is 22.3 Å². The Bertz CT molecular complexity index is 1160. The van der Waals surface area contributed by atoms with Gasteiger partial charge in [-0.3, -0.25) is 14.4 Å². The van der Waals surface area contributed by atoms with Crippen LogP contribution in [0, 0.1) is 0 Å². The van der Waals surface area contributed by atoms with Gasteiger partial charge in [0.25, 0.3) is 0 Å². The molecule has 0 spiro atoms. The molecule has 1 unspecified atom stereocenters. The first-order chi connectivity index (χ1) is 15.2. The Morgan fingerprint density at radius 3 is 1.73 bits per heavy atom. The Morgan fingerprint density at radius 1 is 0.758 bits per heavy atom. The Labute approximate surface area is 201 Å². The summed E-state index contributed by atoms with van der Waals surface area (Å²) in [6.07, 6.45) is 0.466. The van der Waals surface area contributed by atoms with Crippen LogP contribution in [0.4, 0.5) is 0 Å². The van der Waals surface area contributed by atoms with Crippen LogP contribution in [0.25, 0.3) is 0 Å². The van der Waals surface area contributed by atoms with Crippen molar-refractivity contribution >= 4 is 41.1 Å². The molecule has 1 atom stereocenters. The number of carbonyl (C=O) groups excluding carboxylic acids is 3. The zero-order chi connectivity index (χ0) is 24.7. The predicted molar refractivity (Wildman–Crippen MR) is 122 cm³/mol.